The Morgan fingerprint density at radius 1 is 1.50 bits per heavy atom. The van der Waals surface area contributed by atoms with Crippen molar-refractivity contribution >= 4 is 28.8 Å². The van der Waals surface area contributed by atoms with Gasteiger partial charge in [0, 0.05) is 31.9 Å². The summed E-state index contributed by atoms with van der Waals surface area (Å²) in [4.78, 5) is 16.5. The standard InChI is InChI=1S/C14H19N3O2S/c1-16(2)11-5-3-4-10(8-11)14(18)17-6-7-19-12(9-17)13(15)20/h3-5,8,12H,6-7,9H2,1-2H3,(H2,15,20). The first-order valence-corrected chi connectivity index (χ1v) is 6.87. The lowest BCUT2D eigenvalue weighted by molar-refractivity contribution is 0.00879. The lowest BCUT2D eigenvalue weighted by atomic mass is 10.1. The van der Waals surface area contributed by atoms with E-state index in [0.29, 0.717) is 30.2 Å². The van der Waals surface area contributed by atoms with Crippen LogP contribution < -0.4 is 10.6 Å². The molecule has 1 atom stereocenters. The first kappa shape index (κ1) is 14.7. The van der Waals surface area contributed by atoms with Gasteiger partial charge >= 0.3 is 0 Å². The molecule has 1 aliphatic rings. The summed E-state index contributed by atoms with van der Waals surface area (Å²) < 4.78 is 5.45. The van der Waals surface area contributed by atoms with E-state index in [1.807, 2.05) is 43.3 Å². The SMILES string of the molecule is CN(C)c1cccc(C(=O)N2CCOC(C(N)=S)C2)c1. The fourth-order valence-corrected chi connectivity index (χ4v) is 2.25. The Morgan fingerprint density at radius 3 is 2.90 bits per heavy atom. The van der Waals surface area contributed by atoms with E-state index < -0.39 is 0 Å². The number of morpholine rings is 1. The van der Waals surface area contributed by atoms with Gasteiger partial charge in [0.2, 0.25) is 0 Å². The van der Waals surface area contributed by atoms with Crippen LogP contribution in [-0.4, -0.2) is 55.7 Å². The molecule has 1 aliphatic heterocycles. The third-order valence-electron chi connectivity index (χ3n) is 3.28. The fourth-order valence-electron chi connectivity index (χ4n) is 2.11. The second-order valence-corrected chi connectivity index (χ2v) is 5.43. The Morgan fingerprint density at radius 2 is 2.25 bits per heavy atom. The molecule has 0 aliphatic carbocycles. The van der Waals surface area contributed by atoms with Gasteiger partial charge in [-0.2, -0.15) is 0 Å². The van der Waals surface area contributed by atoms with Crippen molar-refractivity contribution in [3.63, 3.8) is 0 Å². The lowest BCUT2D eigenvalue weighted by Crippen LogP contribution is -2.49. The molecule has 0 radical (unpaired) electrons. The van der Waals surface area contributed by atoms with Gasteiger partial charge in [-0.1, -0.05) is 18.3 Å². The summed E-state index contributed by atoms with van der Waals surface area (Å²) in [7, 11) is 3.89. The van der Waals surface area contributed by atoms with Crippen molar-refractivity contribution in [2.75, 3.05) is 38.7 Å². The minimum Gasteiger partial charge on any atom is -0.391 e. The molecule has 6 heteroatoms. The number of hydrogen-bond donors (Lipinski definition) is 1. The number of carbonyl (C=O) groups is 1. The second kappa shape index (κ2) is 6.19. The minimum absolute atomic E-state index is 0.0155. The predicted molar refractivity (Wildman–Crippen MR) is 83.2 cm³/mol. The molecule has 1 aromatic rings. The zero-order valence-corrected chi connectivity index (χ0v) is 12.5. The molecule has 0 saturated carbocycles. The van der Waals surface area contributed by atoms with Gasteiger partial charge in [0.15, 0.2) is 0 Å². The molecule has 1 saturated heterocycles. The zero-order valence-electron chi connectivity index (χ0n) is 11.7. The van der Waals surface area contributed by atoms with Crippen LogP contribution in [-0.2, 0) is 4.74 Å². The molecular weight excluding hydrogens is 274 g/mol. The average Bonchev–Trinajstić information content (AvgIpc) is 2.46. The second-order valence-electron chi connectivity index (χ2n) is 4.96. The van der Waals surface area contributed by atoms with Gasteiger partial charge in [-0.15, -0.1) is 0 Å². The van der Waals surface area contributed by atoms with Crippen LogP contribution >= 0.6 is 12.2 Å². The molecule has 2 N–H and O–H groups in total. The summed E-state index contributed by atoms with van der Waals surface area (Å²) in [6.07, 6.45) is -0.347. The van der Waals surface area contributed by atoms with Crippen molar-refractivity contribution in [1.82, 2.24) is 4.90 Å². The third kappa shape index (κ3) is 3.26. The molecule has 1 amide bonds. The lowest BCUT2D eigenvalue weighted by Gasteiger charge is -2.32. The summed E-state index contributed by atoms with van der Waals surface area (Å²) in [6, 6.07) is 7.55. The smallest absolute Gasteiger partial charge is 0.254 e. The number of benzene rings is 1. The zero-order chi connectivity index (χ0) is 14.7. The van der Waals surface area contributed by atoms with Crippen molar-refractivity contribution < 1.29 is 9.53 Å². The van der Waals surface area contributed by atoms with Crippen LogP contribution in [0.5, 0.6) is 0 Å². The third-order valence-corrected chi connectivity index (χ3v) is 3.54. The highest BCUT2D eigenvalue weighted by Crippen LogP contribution is 2.16. The summed E-state index contributed by atoms with van der Waals surface area (Å²) in [5, 5.41) is 0. The van der Waals surface area contributed by atoms with Gasteiger partial charge in [-0.25, -0.2) is 0 Å². The van der Waals surface area contributed by atoms with E-state index in [-0.39, 0.29) is 12.0 Å². The van der Waals surface area contributed by atoms with E-state index in [2.05, 4.69) is 0 Å². The Kier molecular flexibility index (Phi) is 4.57. The highest BCUT2D eigenvalue weighted by atomic mass is 32.1. The van der Waals surface area contributed by atoms with Gasteiger partial charge < -0.3 is 20.3 Å². The molecule has 1 heterocycles. The maximum Gasteiger partial charge on any atom is 0.254 e. The average molecular weight is 293 g/mol. The van der Waals surface area contributed by atoms with Crippen molar-refractivity contribution in [3.8, 4) is 0 Å². The summed E-state index contributed by atoms with van der Waals surface area (Å²) in [5.74, 6) is -0.0155. The molecule has 1 aromatic carbocycles. The number of thiocarbonyl (C=S) groups is 1. The number of anilines is 1. The molecule has 0 bridgehead atoms. The van der Waals surface area contributed by atoms with Crippen LogP contribution in [0.2, 0.25) is 0 Å². The molecule has 5 nitrogen and oxygen atoms in total. The molecule has 108 valence electrons. The normalized spacial score (nSPS) is 18.7. The summed E-state index contributed by atoms with van der Waals surface area (Å²) in [6.45, 7) is 1.44. The van der Waals surface area contributed by atoms with E-state index >= 15 is 0 Å². The topological polar surface area (TPSA) is 58.8 Å². The highest BCUT2D eigenvalue weighted by Gasteiger charge is 2.26. The number of hydrogen-bond acceptors (Lipinski definition) is 4. The largest absolute Gasteiger partial charge is 0.391 e. The van der Waals surface area contributed by atoms with Crippen molar-refractivity contribution in [2.24, 2.45) is 5.73 Å². The first-order valence-electron chi connectivity index (χ1n) is 6.46. The number of amides is 1. The van der Waals surface area contributed by atoms with E-state index in [0.717, 1.165) is 5.69 Å². The Labute approximate surface area is 124 Å². The van der Waals surface area contributed by atoms with Crippen LogP contribution in [0.25, 0.3) is 0 Å². The summed E-state index contributed by atoms with van der Waals surface area (Å²) in [5.41, 5.74) is 7.26. The number of ether oxygens (including phenoxy) is 1. The van der Waals surface area contributed by atoms with E-state index in [4.69, 9.17) is 22.7 Å². The number of nitrogens with zero attached hydrogens (tertiary/aromatic N) is 2. The van der Waals surface area contributed by atoms with Crippen LogP contribution in [0, 0.1) is 0 Å². The van der Waals surface area contributed by atoms with E-state index in [1.54, 1.807) is 4.90 Å². The number of carbonyl (C=O) groups excluding carboxylic acids is 1. The monoisotopic (exact) mass is 293 g/mol. The van der Waals surface area contributed by atoms with Crippen LogP contribution in [0.15, 0.2) is 24.3 Å². The number of nitrogens with two attached hydrogens (primary N) is 1. The van der Waals surface area contributed by atoms with Gasteiger partial charge in [-0.3, -0.25) is 4.79 Å². The molecular formula is C14H19N3O2S. The van der Waals surface area contributed by atoms with Gasteiger partial charge in [0.1, 0.15) is 11.1 Å². The van der Waals surface area contributed by atoms with E-state index in [1.165, 1.54) is 0 Å². The first-order chi connectivity index (χ1) is 9.49. The maximum absolute atomic E-state index is 12.5. The van der Waals surface area contributed by atoms with Crippen molar-refractivity contribution in [1.29, 1.82) is 0 Å². The molecule has 0 spiro atoms. The maximum atomic E-state index is 12.5. The Hall–Kier alpha value is -1.66. The Balaban J connectivity index is 2.14. The molecule has 1 fully saturated rings. The summed E-state index contributed by atoms with van der Waals surface area (Å²) >= 11 is 4.93. The molecule has 1 unspecified atom stereocenters. The highest BCUT2D eigenvalue weighted by molar-refractivity contribution is 7.80. The van der Waals surface area contributed by atoms with E-state index in [9.17, 15) is 4.79 Å². The fraction of sp³-hybridized carbons (Fsp3) is 0.429. The quantitative estimate of drug-likeness (QED) is 0.838. The van der Waals surface area contributed by atoms with Gasteiger partial charge in [0.25, 0.3) is 5.91 Å². The van der Waals surface area contributed by atoms with Crippen molar-refractivity contribution in [2.45, 2.75) is 6.10 Å². The Bertz CT molecular complexity index is 519. The van der Waals surface area contributed by atoms with Crippen molar-refractivity contribution in [3.05, 3.63) is 29.8 Å². The van der Waals surface area contributed by atoms with Crippen LogP contribution in [0.4, 0.5) is 5.69 Å². The number of rotatable bonds is 3. The van der Waals surface area contributed by atoms with Crippen LogP contribution in [0.1, 0.15) is 10.4 Å². The molecule has 0 aromatic heterocycles. The molecule has 20 heavy (non-hydrogen) atoms. The van der Waals surface area contributed by atoms with Crippen LogP contribution in [0.3, 0.4) is 0 Å². The predicted octanol–water partition coefficient (Wildman–Crippen LogP) is 0.880. The minimum atomic E-state index is -0.347. The van der Waals surface area contributed by atoms with Gasteiger partial charge in [0.05, 0.1) is 13.2 Å². The molecule has 2 rings (SSSR count). The van der Waals surface area contributed by atoms with Gasteiger partial charge in [-0.05, 0) is 18.2 Å².